The number of hydrogen-bond acceptors (Lipinski definition) is 1. The van der Waals surface area contributed by atoms with Gasteiger partial charge in [-0.2, -0.15) is 0 Å². The van der Waals surface area contributed by atoms with Crippen molar-refractivity contribution in [2.45, 2.75) is 19.8 Å². The third kappa shape index (κ3) is 3.21. The normalized spacial score (nSPS) is 10.5. The number of halogens is 2. The molecule has 0 aliphatic rings. The maximum atomic E-state index is 13.7. The van der Waals surface area contributed by atoms with E-state index < -0.39 is 5.82 Å². The Labute approximate surface area is 117 Å². The van der Waals surface area contributed by atoms with Crippen molar-refractivity contribution in [3.63, 3.8) is 0 Å². The van der Waals surface area contributed by atoms with Gasteiger partial charge in [-0.05, 0) is 36.2 Å². The van der Waals surface area contributed by atoms with Gasteiger partial charge in [-0.25, -0.2) is 4.39 Å². The SMILES string of the molecule is CCCc1cccc(C(=O)c2ccc(Cl)cc2F)c1. The highest BCUT2D eigenvalue weighted by Crippen LogP contribution is 2.19. The van der Waals surface area contributed by atoms with Crippen LogP contribution in [0.25, 0.3) is 0 Å². The number of rotatable bonds is 4. The van der Waals surface area contributed by atoms with Gasteiger partial charge in [0.1, 0.15) is 5.82 Å². The monoisotopic (exact) mass is 276 g/mol. The van der Waals surface area contributed by atoms with Gasteiger partial charge < -0.3 is 0 Å². The molecule has 0 N–H and O–H groups in total. The van der Waals surface area contributed by atoms with Crippen molar-refractivity contribution in [2.75, 3.05) is 0 Å². The summed E-state index contributed by atoms with van der Waals surface area (Å²) in [7, 11) is 0. The van der Waals surface area contributed by atoms with Crippen LogP contribution in [0.1, 0.15) is 34.8 Å². The van der Waals surface area contributed by atoms with E-state index in [2.05, 4.69) is 6.92 Å². The van der Waals surface area contributed by atoms with E-state index >= 15 is 0 Å². The van der Waals surface area contributed by atoms with Crippen molar-refractivity contribution in [1.29, 1.82) is 0 Å². The average Bonchev–Trinajstić information content (AvgIpc) is 2.39. The summed E-state index contributed by atoms with van der Waals surface area (Å²) in [4.78, 5) is 12.3. The van der Waals surface area contributed by atoms with Crippen molar-refractivity contribution < 1.29 is 9.18 Å². The van der Waals surface area contributed by atoms with E-state index in [1.165, 1.54) is 12.1 Å². The van der Waals surface area contributed by atoms with Crippen LogP contribution in [0.3, 0.4) is 0 Å². The molecule has 2 rings (SSSR count). The van der Waals surface area contributed by atoms with Gasteiger partial charge in [0.25, 0.3) is 0 Å². The summed E-state index contributed by atoms with van der Waals surface area (Å²) >= 11 is 5.68. The standard InChI is InChI=1S/C16H14ClFO/c1-2-4-11-5-3-6-12(9-11)16(19)14-8-7-13(17)10-15(14)18/h3,5-10H,2,4H2,1H3. The molecule has 0 unspecified atom stereocenters. The molecule has 0 saturated carbocycles. The largest absolute Gasteiger partial charge is 0.288 e. The lowest BCUT2D eigenvalue weighted by Crippen LogP contribution is -2.04. The quantitative estimate of drug-likeness (QED) is 0.742. The lowest BCUT2D eigenvalue weighted by Gasteiger charge is -2.05. The zero-order chi connectivity index (χ0) is 13.8. The number of carbonyl (C=O) groups is 1. The summed E-state index contributed by atoms with van der Waals surface area (Å²) in [5.41, 5.74) is 1.65. The van der Waals surface area contributed by atoms with Gasteiger partial charge in [0.05, 0.1) is 5.56 Å². The summed E-state index contributed by atoms with van der Waals surface area (Å²) in [6, 6.07) is 11.4. The molecule has 1 nitrogen and oxygen atoms in total. The minimum atomic E-state index is -0.585. The van der Waals surface area contributed by atoms with Gasteiger partial charge in [0, 0.05) is 10.6 Å². The third-order valence-corrected chi connectivity index (χ3v) is 3.14. The van der Waals surface area contributed by atoms with E-state index in [0.29, 0.717) is 5.56 Å². The first kappa shape index (κ1) is 13.8. The van der Waals surface area contributed by atoms with Crippen molar-refractivity contribution in [2.24, 2.45) is 0 Å². The Bertz CT molecular complexity index is 607. The van der Waals surface area contributed by atoms with Crippen molar-refractivity contribution in [3.05, 3.63) is 70.0 Å². The molecule has 3 heteroatoms. The van der Waals surface area contributed by atoms with Gasteiger partial charge in [-0.1, -0.05) is 43.1 Å². The number of hydrogen-bond donors (Lipinski definition) is 0. The molecule has 0 bridgehead atoms. The highest BCUT2D eigenvalue weighted by Gasteiger charge is 2.14. The molecule has 0 radical (unpaired) electrons. The first-order chi connectivity index (χ1) is 9.11. The Morgan fingerprint density at radius 2 is 2.00 bits per heavy atom. The van der Waals surface area contributed by atoms with Gasteiger partial charge in [-0.15, -0.1) is 0 Å². The van der Waals surface area contributed by atoms with E-state index in [1.807, 2.05) is 18.2 Å². The first-order valence-corrected chi connectivity index (χ1v) is 6.58. The number of aryl methyl sites for hydroxylation is 1. The van der Waals surface area contributed by atoms with Crippen LogP contribution in [0, 0.1) is 5.82 Å². The van der Waals surface area contributed by atoms with Gasteiger partial charge in [0.15, 0.2) is 5.78 Å². The minimum absolute atomic E-state index is 0.0537. The Morgan fingerprint density at radius 1 is 1.21 bits per heavy atom. The molecule has 2 aromatic rings. The highest BCUT2D eigenvalue weighted by atomic mass is 35.5. The topological polar surface area (TPSA) is 17.1 Å². The van der Waals surface area contributed by atoms with Crippen LogP contribution >= 0.6 is 11.6 Å². The molecule has 0 amide bonds. The maximum Gasteiger partial charge on any atom is 0.195 e. The predicted molar refractivity (Wildman–Crippen MR) is 75.3 cm³/mol. The Hall–Kier alpha value is -1.67. The molecule has 19 heavy (non-hydrogen) atoms. The number of ketones is 1. The number of benzene rings is 2. The van der Waals surface area contributed by atoms with E-state index in [1.54, 1.807) is 6.07 Å². The summed E-state index contributed by atoms with van der Waals surface area (Å²) < 4.78 is 13.7. The Balaban J connectivity index is 2.35. The van der Waals surface area contributed by atoms with E-state index in [9.17, 15) is 9.18 Å². The summed E-state index contributed by atoms with van der Waals surface area (Å²) in [6.07, 6.45) is 1.91. The molecule has 0 saturated heterocycles. The minimum Gasteiger partial charge on any atom is -0.288 e. The smallest absolute Gasteiger partial charge is 0.195 e. The van der Waals surface area contributed by atoms with Crippen molar-refractivity contribution in [3.8, 4) is 0 Å². The fraction of sp³-hybridized carbons (Fsp3) is 0.188. The lowest BCUT2D eigenvalue weighted by molar-refractivity contribution is 0.103. The molecule has 0 spiro atoms. The maximum absolute atomic E-state index is 13.7. The summed E-state index contributed by atoms with van der Waals surface area (Å²) in [5.74, 6) is -0.898. The van der Waals surface area contributed by atoms with Crippen LogP contribution in [0.4, 0.5) is 4.39 Å². The van der Waals surface area contributed by atoms with Crippen LogP contribution in [-0.2, 0) is 6.42 Å². The second-order valence-electron chi connectivity index (χ2n) is 4.40. The highest BCUT2D eigenvalue weighted by molar-refractivity contribution is 6.30. The lowest BCUT2D eigenvalue weighted by atomic mass is 9.99. The average molecular weight is 277 g/mol. The molecule has 0 aliphatic heterocycles. The molecular weight excluding hydrogens is 263 g/mol. The van der Waals surface area contributed by atoms with Crippen molar-refractivity contribution in [1.82, 2.24) is 0 Å². The van der Waals surface area contributed by atoms with E-state index in [-0.39, 0.29) is 16.4 Å². The number of carbonyl (C=O) groups excluding carboxylic acids is 1. The van der Waals surface area contributed by atoms with Crippen LogP contribution in [-0.4, -0.2) is 5.78 Å². The predicted octanol–water partition coefficient (Wildman–Crippen LogP) is 4.66. The van der Waals surface area contributed by atoms with Gasteiger partial charge in [0.2, 0.25) is 0 Å². The molecule has 0 aliphatic carbocycles. The first-order valence-electron chi connectivity index (χ1n) is 6.20. The fourth-order valence-corrected chi connectivity index (χ4v) is 2.14. The van der Waals surface area contributed by atoms with Crippen LogP contribution < -0.4 is 0 Å². The van der Waals surface area contributed by atoms with E-state index in [4.69, 9.17) is 11.6 Å². The summed E-state index contributed by atoms with van der Waals surface area (Å²) in [5, 5.41) is 0.286. The zero-order valence-electron chi connectivity index (χ0n) is 10.6. The molecule has 2 aromatic carbocycles. The zero-order valence-corrected chi connectivity index (χ0v) is 11.4. The van der Waals surface area contributed by atoms with E-state index in [0.717, 1.165) is 24.5 Å². The van der Waals surface area contributed by atoms with Crippen LogP contribution in [0.15, 0.2) is 42.5 Å². The Morgan fingerprint density at radius 3 is 2.68 bits per heavy atom. The molecule has 98 valence electrons. The molecular formula is C16H14ClFO. The molecule has 0 fully saturated rings. The van der Waals surface area contributed by atoms with Crippen LogP contribution in [0.5, 0.6) is 0 Å². The third-order valence-electron chi connectivity index (χ3n) is 2.90. The summed E-state index contributed by atoms with van der Waals surface area (Å²) in [6.45, 7) is 2.08. The molecule has 0 aromatic heterocycles. The second kappa shape index (κ2) is 5.98. The van der Waals surface area contributed by atoms with Gasteiger partial charge >= 0.3 is 0 Å². The van der Waals surface area contributed by atoms with Gasteiger partial charge in [-0.3, -0.25) is 4.79 Å². The fourth-order valence-electron chi connectivity index (χ4n) is 1.99. The van der Waals surface area contributed by atoms with Crippen molar-refractivity contribution >= 4 is 17.4 Å². The van der Waals surface area contributed by atoms with Crippen LogP contribution in [0.2, 0.25) is 5.02 Å². The molecule has 0 atom stereocenters. The second-order valence-corrected chi connectivity index (χ2v) is 4.84. The Kier molecular flexibility index (Phi) is 4.33. The molecule has 0 heterocycles.